The Morgan fingerprint density at radius 1 is 1.00 bits per heavy atom. The molecule has 49 heavy (non-hydrogen) atoms. The topological polar surface area (TPSA) is 131 Å². The van der Waals surface area contributed by atoms with Crippen molar-refractivity contribution in [1.82, 2.24) is 15.2 Å². The van der Waals surface area contributed by atoms with Crippen LogP contribution in [0, 0.1) is 0 Å². The number of aromatic amines is 1. The quantitative estimate of drug-likeness (QED) is 0.231. The maximum atomic E-state index is 13.6. The Balaban J connectivity index is 1.30. The second-order valence-corrected chi connectivity index (χ2v) is 11.9. The predicted molar refractivity (Wildman–Crippen MR) is 175 cm³/mol. The van der Waals surface area contributed by atoms with Gasteiger partial charge in [-0.2, -0.15) is 0 Å². The predicted octanol–water partition coefficient (Wildman–Crippen LogP) is 5.24. The van der Waals surface area contributed by atoms with Gasteiger partial charge in [0, 0.05) is 54.2 Å². The minimum atomic E-state index is -4.83. The molecule has 0 fully saturated rings. The first-order chi connectivity index (χ1) is 23.4. The number of nitrogens with zero attached hydrogens (tertiary/aromatic N) is 1. The highest BCUT2D eigenvalue weighted by Crippen LogP contribution is 2.50. The maximum Gasteiger partial charge on any atom is 0.573 e. The lowest BCUT2D eigenvalue weighted by atomic mass is 9.95. The fourth-order valence-corrected chi connectivity index (χ4v) is 6.74. The Morgan fingerprint density at radius 3 is 2.47 bits per heavy atom. The number of methoxy groups -OCH3 is 3. The van der Waals surface area contributed by atoms with Crippen molar-refractivity contribution in [3.8, 4) is 34.1 Å². The van der Waals surface area contributed by atoms with Crippen LogP contribution in [0.4, 0.5) is 18.9 Å². The molecule has 0 saturated carbocycles. The lowest BCUT2D eigenvalue weighted by Crippen LogP contribution is -2.39. The van der Waals surface area contributed by atoms with Crippen LogP contribution in [-0.2, 0) is 29.0 Å². The van der Waals surface area contributed by atoms with Crippen LogP contribution in [0.3, 0.4) is 0 Å². The summed E-state index contributed by atoms with van der Waals surface area (Å²) in [4.78, 5) is 44.1. The SMILES string of the molecule is COc1cc2c(c(OC)c1OC)-c1ccc(NCC(=O)N3CCc4[nH]c5ccc(OC(F)(F)F)cc5c4C3)c(=O)cc1C(NC(C)=O)CC2. The van der Waals surface area contributed by atoms with Crippen LogP contribution in [0.15, 0.2) is 47.3 Å². The fourth-order valence-electron chi connectivity index (χ4n) is 6.74. The summed E-state index contributed by atoms with van der Waals surface area (Å²) in [5.74, 6) is 0.393. The van der Waals surface area contributed by atoms with Gasteiger partial charge in [-0.1, -0.05) is 6.07 Å². The van der Waals surface area contributed by atoms with Gasteiger partial charge < -0.3 is 39.5 Å². The number of fused-ring (bicyclic) bond motifs is 6. The van der Waals surface area contributed by atoms with Gasteiger partial charge in [-0.05, 0) is 65.9 Å². The van der Waals surface area contributed by atoms with Crippen LogP contribution in [0.25, 0.3) is 22.0 Å². The summed E-state index contributed by atoms with van der Waals surface area (Å²) in [7, 11) is 4.55. The maximum absolute atomic E-state index is 13.6. The second kappa shape index (κ2) is 13.2. The number of anilines is 1. The number of H-pyrrole nitrogens is 1. The number of alkyl halides is 3. The van der Waals surface area contributed by atoms with E-state index < -0.39 is 12.4 Å². The number of hydrogen-bond acceptors (Lipinski definition) is 8. The highest BCUT2D eigenvalue weighted by atomic mass is 19.4. The van der Waals surface area contributed by atoms with Gasteiger partial charge in [0.15, 0.2) is 11.5 Å². The molecule has 6 rings (SSSR count). The number of rotatable bonds is 8. The highest BCUT2D eigenvalue weighted by Gasteiger charge is 2.32. The molecule has 1 aliphatic heterocycles. The average Bonchev–Trinajstić information content (AvgIpc) is 3.25. The molecule has 14 heteroatoms. The van der Waals surface area contributed by atoms with Crippen molar-refractivity contribution in [1.29, 1.82) is 0 Å². The third kappa shape index (κ3) is 6.67. The van der Waals surface area contributed by atoms with Crippen LogP contribution in [-0.4, -0.2) is 62.5 Å². The summed E-state index contributed by atoms with van der Waals surface area (Å²) in [5, 5.41) is 6.49. The van der Waals surface area contributed by atoms with E-state index in [2.05, 4.69) is 20.4 Å². The third-order valence-electron chi connectivity index (χ3n) is 8.88. The van der Waals surface area contributed by atoms with Crippen LogP contribution < -0.4 is 35.0 Å². The lowest BCUT2D eigenvalue weighted by Gasteiger charge is -2.27. The average molecular weight is 681 g/mol. The summed E-state index contributed by atoms with van der Waals surface area (Å²) in [5.41, 5.74) is 4.80. The molecule has 0 radical (unpaired) electrons. The molecule has 11 nitrogen and oxygen atoms in total. The standard InChI is InChI=1S/C35H35F3N4O7/c1-18(43)40-25-8-5-19-13-30(46-2)33(47-3)34(48-4)32(19)21-7-10-28(29(44)15-23(21)25)39-16-31(45)42-12-11-27-24(17-42)22-14-20(49-35(36,37)38)6-9-26(22)41-27/h6-7,9-10,13-15,25,41H,5,8,11-12,16-17H2,1-4H3,(H,39,44)(H,40,43). The zero-order valence-electron chi connectivity index (χ0n) is 27.3. The molecule has 1 atom stereocenters. The largest absolute Gasteiger partial charge is 0.573 e. The number of halogens is 3. The number of aromatic nitrogens is 1. The molecule has 258 valence electrons. The summed E-state index contributed by atoms with van der Waals surface area (Å²) in [6, 6.07) is 10.3. The molecule has 2 aliphatic rings. The minimum Gasteiger partial charge on any atom is -0.493 e. The molecular weight excluding hydrogens is 645 g/mol. The first-order valence-corrected chi connectivity index (χ1v) is 15.6. The Kier molecular flexibility index (Phi) is 9.06. The van der Waals surface area contributed by atoms with E-state index in [9.17, 15) is 27.6 Å². The number of ether oxygens (including phenoxy) is 4. The van der Waals surface area contributed by atoms with E-state index in [1.807, 2.05) is 6.07 Å². The number of amides is 2. The van der Waals surface area contributed by atoms with E-state index in [0.29, 0.717) is 76.2 Å². The summed E-state index contributed by atoms with van der Waals surface area (Å²) in [6.45, 7) is 1.77. The summed E-state index contributed by atoms with van der Waals surface area (Å²) < 4.78 is 59.7. The van der Waals surface area contributed by atoms with Gasteiger partial charge in [-0.15, -0.1) is 13.2 Å². The molecule has 0 bridgehead atoms. The zero-order valence-corrected chi connectivity index (χ0v) is 27.3. The first-order valence-electron chi connectivity index (χ1n) is 15.6. The monoisotopic (exact) mass is 680 g/mol. The van der Waals surface area contributed by atoms with E-state index in [4.69, 9.17) is 14.2 Å². The number of hydrogen-bond donors (Lipinski definition) is 3. The van der Waals surface area contributed by atoms with Crippen molar-refractivity contribution in [2.45, 2.75) is 45.1 Å². The molecule has 1 aromatic heterocycles. The van der Waals surface area contributed by atoms with Crippen LogP contribution in [0.5, 0.6) is 23.0 Å². The minimum absolute atomic E-state index is 0.169. The summed E-state index contributed by atoms with van der Waals surface area (Å²) in [6.07, 6.45) is -3.30. The van der Waals surface area contributed by atoms with Crippen molar-refractivity contribution < 1.29 is 41.7 Å². The second-order valence-electron chi connectivity index (χ2n) is 11.9. The van der Waals surface area contributed by atoms with Gasteiger partial charge in [0.25, 0.3) is 0 Å². The smallest absolute Gasteiger partial charge is 0.493 e. The first kappa shape index (κ1) is 33.5. The normalized spacial score (nSPS) is 15.3. The number of carbonyl (C=O) groups excluding carboxylic acids is 2. The van der Waals surface area contributed by atoms with Gasteiger partial charge in [-0.25, -0.2) is 0 Å². The third-order valence-corrected chi connectivity index (χ3v) is 8.88. The van der Waals surface area contributed by atoms with Crippen molar-refractivity contribution in [2.24, 2.45) is 0 Å². The summed E-state index contributed by atoms with van der Waals surface area (Å²) >= 11 is 0. The van der Waals surface area contributed by atoms with E-state index in [1.54, 1.807) is 17.0 Å². The van der Waals surface area contributed by atoms with Crippen LogP contribution >= 0.6 is 0 Å². The van der Waals surface area contributed by atoms with Crippen LogP contribution in [0.1, 0.15) is 41.8 Å². The number of carbonyl (C=O) groups is 2. The molecule has 0 spiro atoms. The van der Waals surface area contributed by atoms with E-state index in [-0.39, 0.29) is 41.8 Å². The molecule has 4 aromatic rings. The zero-order chi connectivity index (χ0) is 35.0. The number of nitrogens with one attached hydrogen (secondary N) is 3. The van der Waals surface area contributed by atoms with Gasteiger partial charge in [0.05, 0.1) is 39.6 Å². The molecule has 1 unspecified atom stereocenters. The Bertz CT molecular complexity index is 2010. The number of aryl methyl sites for hydroxylation is 1. The van der Waals surface area contributed by atoms with Crippen molar-refractivity contribution in [3.05, 3.63) is 75.1 Å². The lowest BCUT2D eigenvalue weighted by molar-refractivity contribution is -0.274. The van der Waals surface area contributed by atoms with Crippen molar-refractivity contribution in [2.75, 3.05) is 39.7 Å². The van der Waals surface area contributed by atoms with Crippen molar-refractivity contribution in [3.63, 3.8) is 0 Å². The molecule has 3 aromatic carbocycles. The van der Waals surface area contributed by atoms with Gasteiger partial charge in [0.2, 0.25) is 23.0 Å². The Morgan fingerprint density at radius 2 is 1.78 bits per heavy atom. The van der Waals surface area contributed by atoms with Gasteiger partial charge in [-0.3, -0.25) is 14.4 Å². The van der Waals surface area contributed by atoms with E-state index in [0.717, 1.165) is 11.3 Å². The molecule has 0 saturated heterocycles. The molecule has 3 N–H and O–H groups in total. The molecular formula is C35H35F3N4O7. The van der Waals surface area contributed by atoms with E-state index >= 15 is 0 Å². The Labute approximate surface area is 279 Å². The van der Waals surface area contributed by atoms with Gasteiger partial charge in [0.1, 0.15) is 5.75 Å². The van der Waals surface area contributed by atoms with Gasteiger partial charge >= 0.3 is 6.36 Å². The van der Waals surface area contributed by atoms with Crippen molar-refractivity contribution >= 4 is 28.4 Å². The highest BCUT2D eigenvalue weighted by molar-refractivity contribution is 5.88. The molecule has 2 amide bonds. The van der Waals surface area contributed by atoms with Crippen LogP contribution in [0.2, 0.25) is 0 Å². The fraction of sp³-hybridized carbons (Fsp3) is 0.343. The Hall–Kier alpha value is -5.40. The van der Waals surface area contributed by atoms with E-state index in [1.165, 1.54) is 52.5 Å². The number of benzene rings is 2. The molecule has 2 heterocycles. The molecule has 1 aliphatic carbocycles.